The lowest BCUT2D eigenvalue weighted by Gasteiger charge is -2.25. The third-order valence-electron chi connectivity index (χ3n) is 5.41. The zero-order chi connectivity index (χ0) is 23.5. The van der Waals surface area contributed by atoms with Gasteiger partial charge >= 0.3 is 0 Å². The van der Waals surface area contributed by atoms with Gasteiger partial charge in [0.1, 0.15) is 23.8 Å². The lowest BCUT2D eigenvalue weighted by molar-refractivity contribution is 0.0910. The van der Waals surface area contributed by atoms with Crippen molar-refractivity contribution in [1.29, 1.82) is 5.26 Å². The van der Waals surface area contributed by atoms with Crippen LogP contribution in [0.25, 0.3) is 11.0 Å². The Bertz CT molecular complexity index is 1220. The number of aromatic nitrogens is 1. The largest absolute Gasteiger partial charge is 0.443 e. The Labute approximate surface area is 202 Å². The van der Waals surface area contributed by atoms with Crippen molar-refractivity contribution in [1.82, 2.24) is 15.6 Å². The first-order chi connectivity index (χ1) is 15.9. The number of hydrogen-bond donors (Lipinski definition) is 4. The number of benzene rings is 1. The number of nitriles is 1. The summed E-state index contributed by atoms with van der Waals surface area (Å²) in [7, 11) is 0. The molecular formula is C22H20BrClFN5O3. The lowest BCUT2D eigenvalue weighted by Crippen LogP contribution is -2.36. The first-order valence-electron chi connectivity index (χ1n) is 10.3. The second-order valence-electron chi connectivity index (χ2n) is 7.62. The van der Waals surface area contributed by atoms with E-state index in [0.717, 1.165) is 25.9 Å². The number of carbonyl (C=O) groups excluding carboxylic acids is 1. The van der Waals surface area contributed by atoms with Gasteiger partial charge in [0.05, 0.1) is 4.47 Å². The molecule has 8 nitrogen and oxygen atoms in total. The number of hydrogen-bond acceptors (Lipinski definition) is 7. The third kappa shape index (κ3) is 4.96. The summed E-state index contributed by atoms with van der Waals surface area (Å²) in [4.78, 5) is 17.5. The fourth-order valence-corrected chi connectivity index (χ4v) is 4.52. The molecule has 0 bridgehead atoms. The van der Waals surface area contributed by atoms with Crippen LogP contribution in [0.4, 0.5) is 10.2 Å². The summed E-state index contributed by atoms with van der Waals surface area (Å²) in [6.45, 7) is 1.43. The molecule has 33 heavy (non-hydrogen) atoms. The van der Waals surface area contributed by atoms with Crippen LogP contribution in [0.5, 0.6) is 0 Å². The number of carbonyl (C=O) groups is 1. The first kappa shape index (κ1) is 23.4. The molecule has 1 saturated heterocycles. The van der Waals surface area contributed by atoms with Crippen molar-refractivity contribution in [3.8, 4) is 6.07 Å². The Kier molecular flexibility index (Phi) is 7.14. The Morgan fingerprint density at radius 1 is 1.45 bits per heavy atom. The number of rotatable bonds is 6. The van der Waals surface area contributed by atoms with Crippen LogP contribution in [0, 0.1) is 17.1 Å². The molecule has 4 N–H and O–H groups in total. The number of aliphatic hydroxyl groups excluding tert-OH is 1. The zero-order valence-corrected chi connectivity index (χ0v) is 19.6. The van der Waals surface area contributed by atoms with Gasteiger partial charge < -0.3 is 25.5 Å². The molecule has 1 aliphatic heterocycles. The molecule has 1 aliphatic rings. The van der Waals surface area contributed by atoms with Gasteiger partial charge in [0.15, 0.2) is 11.3 Å². The van der Waals surface area contributed by atoms with Crippen LogP contribution in [0.3, 0.4) is 0 Å². The molecule has 172 valence electrons. The Balaban J connectivity index is 1.62. The van der Waals surface area contributed by atoms with Crippen molar-refractivity contribution in [2.24, 2.45) is 0 Å². The number of nitrogens with one attached hydrogen (secondary N) is 3. The Hall–Kier alpha value is -2.71. The van der Waals surface area contributed by atoms with E-state index in [4.69, 9.17) is 16.0 Å². The second kappa shape index (κ2) is 10.1. The molecule has 11 heteroatoms. The lowest BCUT2D eigenvalue weighted by atomic mass is 10.1. The van der Waals surface area contributed by atoms with Crippen LogP contribution in [-0.4, -0.2) is 41.7 Å². The van der Waals surface area contributed by atoms with Gasteiger partial charge in [-0.1, -0.05) is 17.7 Å². The van der Waals surface area contributed by atoms with E-state index < -0.39 is 17.8 Å². The van der Waals surface area contributed by atoms with Crippen LogP contribution in [0.1, 0.15) is 40.8 Å². The van der Waals surface area contributed by atoms with Gasteiger partial charge in [-0.3, -0.25) is 4.79 Å². The smallest absolute Gasteiger partial charge is 0.273 e. The molecule has 0 spiro atoms. The van der Waals surface area contributed by atoms with Crippen molar-refractivity contribution in [3.05, 3.63) is 56.6 Å². The van der Waals surface area contributed by atoms with Gasteiger partial charge in [0.25, 0.3) is 5.91 Å². The normalized spacial score (nSPS) is 15.2. The van der Waals surface area contributed by atoms with Crippen molar-refractivity contribution in [3.63, 3.8) is 0 Å². The molecule has 3 aromatic rings. The van der Waals surface area contributed by atoms with E-state index in [9.17, 15) is 19.6 Å². The number of aliphatic hydroxyl groups is 1. The number of amides is 1. The van der Waals surface area contributed by atoms with E-state index in [2.05, 4.69) is 36.9 Å². The van der Waals surface area contributed by atoms with E-state index in [-0.39, 0.29) is 40.2 Å². The average Bonchev–Trinajstić information content (AvgIpc) is 3.25. The summed E-state index contributed by atoms with van der Waals surface area (Å²) in [5, 5.41) is 29.4. The molecule has 0 radical (unpaired) electrons. The maximum absolute atomic E-state index is 14.1. The van der Waals surface area contributed by atoms with Gasteiger partial charge in [0, 0.05) is 34.6 Å². The van der Waals surface area contributed by atoms with Gasteiger partial charge in [-0.15, -0.1) is 0 Å². The Morgan fingerprint density at radius 2 is 2.21 bits per heavy atom. The molecule has 1 unspecified atom stereocenters. The molecule has 0 saturated carbocycles. The number of pyridine rings is 1. The van der Waals surface area contributed by atoms with Gasteiger partial charge in [-0.2, -0.15) is 5.26 Å². The number of anilines is 1. The minimum absolute atomic E-state index is 0.0266. The monoisotopic (exact) mass is 535 g/mol. The second-order valence-corrected chi connectivity index (χ2v) is 8.82. The van der Waals surface area contributed by atoms with Crippen molar-refractivity contribution >= 4 is 50.2 Å². The summed E-state index contributed by atoms with van der Waals surface area (Å²) in [6.07, 6.45) is 0.406. The van der Waals surface area contributed by atoms with Gasteiger partial charge in [-0.05, 0) is 54.0 Å². The molecule has 1 atom stereocenters. The fourth-order valence-electron chi connectivity index (χ4n) is 3.74. The SMILES string of the molecule is N#Cc1cc2c(Br)c(NC3CCNCC3)nc(C(=O)NCC(O)c3c(F)cccc3Cl)c2o1. The summed E-state index contributed by atoms with van der Waals surface area (Å²) >= 11 is 9.50. The highest BCUT2D eigenvalue weighted by molar-refractivity contribution is 9.10. The number of fused-ring (bicyclic) bond motifs is 1. The molecule has 0 aliphatic carbocycles. The molecule has 4 rings (SSSR count). The van der Waals surface area contributed by atoms with Gasteiger partial charge in [0.2, 0.25) is 5.76 Å². The number of furan rings is 1. The van der Waals surface area contributed by atoms with Crippen LogP contribution in [0.15, 0.2) is 33.2 Å². The zero-order valence-electron chi connectivity index (χ0n) is 17.3. The van der Waals surface area contributed by atoms with Crippen molar-refractivity contribution < 1.29 is 18.7 Å². The first-order valence-corrected chi connectivity index (χ1v) is 11.5. The minimum Gasteiger partial charge on any atom is -0.443 e. The molecule has 1 fully saturated rings. The average molecular weight is 537 g/mol. The molecule has 2 aromatic heterocycles. The minimum atomic E-state index is -1.37. The topological polar surface area (TPSA) is 123 Å². The highest BCUT2D eigenvalue weighted by Gasteiger charge is 2.25. The molecule has 1 aromatic carbocycles. The Morgan fingerprint density at radius 3 is 2.91 bits per heavy atom. The van der Waals surface area contributed by atoms with Crippen LogP contribution in [0.2, 0.25) is 5.02 Å². The predicted octanol–water partition coefficient (Wildman–Crippen LogP) is 3.88. The van der Waals surface area contributed by atoms with E-state index >= 15 is 0 Å². The number of piperidine rings is 1. The van der Waals surface area contributed by atoms with E-state index in [1.165, 1.54) is 24.3 Å². The summed E-state index contributed by atoms with van der Waals surface area (Å²) < 4.78 is 20.2. The van der Waals surface area contributed by atoms with Crippen LogP contribution in [-0.2, 0) is 0 Å². The summed E-state index contributed by atoms with van der Waals surface area (Å²) in [6, 6.07) is 7.67. The van der Waals surface area contributed by atoms with Crippen molar-refractivity contribution in [2.45, 2.75) is 25.0 Å². The summed E-state index contributed by atoms with van der Waals surface area (Å²) in [5.41, 5.74) is -0.0328. The standard InChI is InChI=1S/C22H20BrClFN5O3/c23-18-13-8-12(9-26)33-20(13)19(30-21(18)29-11-4-6-27-7-5-11)22(32)28-10-16(31)17-14(24)2-1-3-15(17)25/h1-3,8,11,16,27,31H,4-7,10H2,(H,28,32)(H,29,30). The van der Waals surface area contributed by atoms with E-state index in [1.807, 2.05) is 6.07 Å². The van der Waals surface area contributed by atoms with Crippen LogP contribution < -0.4 is 16.0 Å². The number of halogens is 3. The van der Waals surface area contributed by atoms with E-state index in [0.29, 0.717) is 15.7 Å². The fraction of sp³-hybridized carbons (Fsp3) is 0.318. The van der Waals surface area contributed by atoms with Crippen molar-refractivity contribution in [2.75, 3.05) is 25.0 Å². The highest BCUT2D eigenvalue weighted by Crippen LogP contribution is 2.35. The third-order valence-corrected chi connectivity index (χ3v) is 6.54. The quantitative estimate of drug-likeness (QED) is 0.377. The number of nitrogens with zero attached hydrogens (tertiary/aromatic N) is 2. The predicted molar refractivity (Wildman–Crippen MR) is 125 cm³/mol. The molecule has 3 heterocycles. The van der Waals surface area contributed by atoms with E-state index in [1.54, 1.807) is 0 Å². The maximum Gasteiger partial charge on any atom is 0.273 e. The highest BCUT2D eigenvalue weighted by atomic mass is 79.9. The molecular weight excluding hydrogens is 517 g/mol. The summed E-state index contributed by atoms with van der Waals surface area (Å²) in [5.74, 6) is -0.848. The van der Waals surface area contributed by atoms with Crippen LogP contribution >= 0.6 is 27.5 Å². The maximum atomic E-state index is 14.1. The van der Waals surface area contributed by atoms with Gasteiger partial charge in [-0.25, -0.2) is 9.37 Å². The molecule has 1 amide bonds.